The van der Waals surface area contributed by atoms with Gasteiger partial charge >= 0.3 is 0 Å². The third-order valence-electron chi connectivity index (χ3n) is 2.32. The molecule has 0 radical (unpaired) electrons. The molecule has 0 atom stereocenters. The minimum absolute atomic E-state index is 0.269. The van der Waals surface area contributed by atoms with E-state index in [1.807, 2.05) is 30.3 Å². The molecule has 0 saturated carbocycles. The van der Waals surface area contributed by atoms with Crippen molar-refractivity contribution in [3.8, 4) is 0 Å². The molecule has 4 nitrogen and oxygen atoms in total. The maximum Gasteiger partial charge on any atom is 0.264 e. The molecule has 1 N–H and O–H groups in total. The molecule has 0 saturated heterocycles. The smallest absolute Gasteiger partial charge is 0.264 e. The molecular formula is C15H13N3O. The summed E-state index contributed by atoms with van der Waals surface area (Å²) in [6.07, 6.45) is 8.07. The Morgan fingerprint density at radius 1 is 1.05 bits per heavy atom. The van der Waals surface area contributed by atoms with Gasteiger partial charge in [0.2, 0.25) is 0 Å². The first kappa shape index (κ1) is 12.7. The molecule has 0 bridgehead atoms. The summed E-state index contributed by atoms with van der Waals surface area (Å²) in [5.41, 5.74) is 4.27. The summed E-state index contributed by atoms with van der Waals surface area (Å²) in [5.74, 6) is -0.269. The average molecular weight is 251 g/mol. The van der Waals surface area contributed by atoms with E-state index in [1.165, 1.54) is 6.08 Å². The molecule has 19 heavy (non-hydrogen) atoms. The summed E-state index contributed by atoms with van der Waals surface area (Å²) >= 11 is 0. The van der Waals surface area contributed by atoms with Gasteiger partial charge in [-0.15, -0.1) is 0 Å². The van der Waals surface area contributed by atoms with E-state index < -0.39 is 0 Å². The van der Waals surface area contributed by atoms with E-state index in [0.717, 1.165) is 11.1 Å². The molecule has 0 aliphatic heterocycles. The molecule has 0 spiro atoms. The van der Waals surface area contributed by atoms with Gasteiger partial charge in [-0.2, -0.15) is 5.10 Å². The predicted molar refractivity (Wildman–Crippen MR) is 75.4 cm³/mol. The van der Waals surface area contributed by atoms with Crippen LogP contribution >= 0.6 is 0 Å². The first-order valence-electron chi connectivity index (χ1n) is 5.81. The number of nitrogens with zero attached hydrogens (tertiary/aromatic N) is 2. The third kappa shape index (κ3) is 4.55. The zero-order valence-corrected chi connectivity index (χ0v) is 10.2. The molecule has 1 amide bonds. The van der Waals surface area contributed by atoms with Gasteiger partial charge in [0.05, 0.1) is 6.21 Å². The van der Waals surface area contributed by atoms with Crippen LogP contribution in [0.2, 0.25) is 0 Å². The first-order chi connectivity index (χ1) is 9.34. The summed E-state index contributed by atoms with van der Waals surface area (Å²) in [6.45, 7) is 0. The Balaban J connectivity index is 1.85. The van der Waals surface area contributed by atoms with Gasteiger partial charge < -0.3 is 0 Å². The molecule has 2 rings (SSSR count). The van der Waals surface area contributed by atoms with E-state index in [4.69, 9.17) is 0 Å². The fourth-order valence-electron chi connectivity index (χ4n) is 1.39. The molecule has 2 aromatic rings. The number of carbonyl (C=O) groups excluding carboxylic acids is 1. The van der Waals surface area contributed by atoms with Crippen LogP contribution in [-0.4, -0.2) is 17.1 Å². The maximum absolute atomic E-state index is 11.5. The van der Waals surface area contributed by atoms with Crippen LogP contribution in [0.4, 0.5) is 0 Å². The zero-order chi connectivity index (χ0) is 13.3. The molecule has 0 aliphatic rings. The quantitative estimate of drug-likeness (QED) is 0.514. The second kappa shape index (κ2) is 6.86. The van der Waals surface area contributed by atoms with Crippen molar-refractivity contribution in [2.45, 2.75) is 0 Å². The van der Waals surface area contributed by atoms with Crippen molar-refractivity contribution in [3.05, 3.63) is 72.1 Å². The standard InChI is InChI=1S/C15H13N3O/c19-15(7-6-13-4-2-1-3-5-13)18-17-12-14-8-10-16-11-9-14/h1-12H,(H,18,19)/b7-6+,17-12+. The third-order valence-corrected chi connectivity index (χ3v) is 2.32. The molecule has 94 valence electrons. The number of rotatable bonds is 4. The topological polar surface area (TPSA) is 54.4 Å². The molecule has 0 fully saturated rings. The summed E-state index contributed by atoms with van der Waals surface area (Å²) in [5, 5.41) is 3.85. The molecule has 4 heteroatoms. The number of aromatic nitrogens is 1. The van der Waals surface area contributed by atoms with Gasteiger partial charge in [0.15, 0.2) is 0 Å². The van der Waals surface area contributed by atoms with E-state index in [2.05, 4.69) is 15.5 Å². The minimum Gasteiger partial charge on any atom is -0.268 e. The Bertz CT molecular complexity index is 577. The number of carbonyl (C=O) groups is 1. The van der Waals surface area contributed by atoms with E-state index in [1.54, 1.807) is 36.8 Å². The fraction of sp³-hybridized carbons (Fsp3) is 0. The van der Waals surface area contributed by atoms with Crippen LogP contribution in [-0.2, 0) is 4.79 Å². The summed E-state index contributed by atoms with van der Waals surface area (Å²) < 4.78 is 0. The lowest BCUT2D eigenvalue weighted by Gasteiger charge is -1.94. The lowest BCUT2D eigenvalue weighted by atomic mass is 10.2. The summed E-state index contributed by atoms with van der Waals surface area (Å²) in [7, 11) is 0. The van der Waals surface area contributed by atoms with Gasteiger partial charge in [0, 0.05) is 18.5 Å². The summed E-state index contributed by atoms with van der Waals surface area (Å²) in [6, 6.07) is 13.2. The van der Waals surface area contributed by atoms with Gasteiger partial charge in [0.25, 0.3) is 5.91 Å². The van der Waals surface area contributed by atoms with Crippen molar-refractivity contribution in [1.82, 2.24) is 10.4 Å². The molecule has 1 aromatic carbocycles. The van der Waals surface area contributed by atoms with Gasteiger partial charge in [0.1, 0.15) is 0 Å². The van der Waals surface area contributed by atoms with E-state index in [9.17, 15) is 4.79 Å². The van der Waals surface area contributed by atoms with Crippen molar-refractivity contribution in [3.63, 3.8) is 0 Å². The number of amides is 1. The molecular weight excluding hydrogens is 238 g/mol. The SMILES string of the molecule is O=C(/C=C/c1ccccc1)N/N=C/c1ccncc1. The Labute approximate surface area is 111 Å². The van der Waals surface area contributed by atoms with Gasteiger partial charge in [-0.25, -0.2) is 5.43 Å². The van der Waals surface area contributed by atoms with Crippen molar-refractivity contribution in [2.24, 2.45) is 5.10 Å². The Kier molecular flexibility index (Phi) is 4.58. The lowest BCUT2D eigenvalue weighted by molar-refractivity contribution is -0.116. The number of pyridine rings is 1. The van der Waals surface area contributed by atoms with Crippen LogP contribution in [0.15, 0.2) is 66.0 Å². The van der Waals surface area contributed by atoms with Crippen LogP contribution in [0.5, 0.6) is 0 Å². The highest BCUT2D eigenvalue weighted by atomic mass is 16.2. The van der Waals surface area contributed by atoms with Crippen molar-refractivity contribution in [1.29, 1.82) is 0 Å². The van der Waals surface area contributed by atoms with E-state index in [0.29, 0.717) is 0 Å². The summed E-state index contributed by atoms with van der Waals surface area (Å²) in [4.78, 5) is 15.4. The van der Waals surface area contributed by atoms with Crippen molar-refractivity contribution < 1.29 is 4.79 Å². The van der Waals surface area contributed by atoms with Crippen molar-refractivity contribution >= 4 is 18.2 Å². The molecule has 0 aliphatic carbocycles. The Morgan fingerprint density at radius 3 is 2.53 bits per heavy atom. The van der Waals surface area contributed by atoms with E-state index >= 15 is 0 Å². The monoisotopic (exact) mass is 251 g/mol. The number of hydrazone groups is 1. The van der Waals surface area contributed by atoms with E-state index in [-0.39, 0.29) is 5.91 Å². The predicted octanol–water partition coefficient (Wildman–Crippen LogP) is 2.25. The van der Waals surface area contributed by atoms with Gasteiger partial charge in [-0.1, -0.05) is 30.3 Å². The zero-order valence-electron chi connectivity index (χ0n) is 10.2. The second-order valence-corrected chi connectivity index (χ2v) is 3.76. The normalized spacial score (nSPS) is 10.9. The fourth-order valence-corrected chi connectivity index (χ4v) is 1.39. The number of hydrogen-bond donors (Lipinski definition) is 1. The second-order valence-electron chi connectivity index (χ2n) is 3.76. The maximum atomic E-state index is 11.5. The lowest BCUT2D eigenvalue weighted by Crippen LogP contribution is -2.14. The number of nitrogens with one attached hydrogen (secondary N) is 1. The number of hydrogen-bond acceptors (Lipinski definition) is 3. The van der Waals surface area contributed by atoms with Gasteiger partial charge in [-0.3, -0.25) is 9.78 Å². The van der Waals surface area contributed by atoms with Crippen molar-refractivity contribution in [2.75, 3.05) is 0 Å². The highest BCUT2D eigenvalue weighted by Crippen LogP contribution is 2.00. The van der Waals surface area contributed by atoms with Crippen LogP contribution in [0.3, 0.4) is 0 Å². The van der Waals surface area contributed by atoms with Crippen LogP contribution in [0.1, 0.15) is 11.1 Å². The molecule has 1 aromatic heterocycles. The Hall–Kier alpha value is -2.75. The van der Waals surface area contributed by atoms with Gasteiger partial charge in [-0.05, 0) is 29.3 Å². The van der Waals surface area contributed by atoms with Crippen LogP contribution < -0.4 is 5.43 Å². The van der Waals surface area contributed by atoms with Crippen LogP contribution in [0, 0.1) is 0 Å². The average Bonchev–Trinajstić information content (AvgIpc) is 2.47. The number of benzene rings is 1. The highest BCUT2D eigenvalue weighted by molar-refractivity contribution is 5.92. The Morgan fingerprint density at radius 2 is 1.79 bits per heavy atom. The molecule has 0 unspecified atom stereocenters. The largest absolute Gasteiger partial charge is 0.268 e. The minimum atomic E-state index is -0.269. The molecule has 1 heterocycles. The highest BCUT2D eigenvalue weighted by Gasteiger charge is 1.91. The first-order valence-corrected chi connectivity index (χ1v) is 5.81. The van der Waals surface area contributed by atoms with Crippen LogP contribution in [0.25, 0.3) is 6.08 Å².